The van der Waals surface area contributed by atoms with Crippen LogP contribution in [0, 0.1) is 10.1 Å². The molecule has 2 heterocycles. The summed E-state index contributed by atoms with van der Waals surface area (Å²) >= 11 is 3.33. The van der Waals surface area contributed by atoms with Crippen molar-refractivity contribution in [2.75, 3.05) is 51.3 Å². The molecule has 0 aromatic heterocycles. The molecule has 2 aliphatic rings. The maximum absolute atomic E-state index is 11.4. The van der Waals surface area contributed by atoms with Crippen molar-refractivity contribution in [3.05, 3.63) is 26.7 Å². The van der Waals surface area contributed by atoms with E-state index < -0.39 is 0 Å². The van der Waals surface area contributed by atoms with Crippen LogP contribution in [-0.4, -0.2) is 62.2 Å². The summed E-state index contributed by atoms with van der Waals surface area (Å²) in [6.45, 7) is 5.96. The van der Waals surface area contributed by atoms with E-state index in [1.54, 1.807) is 13.2 Å². The third-order valence-corrected chi connectivity index (χ3v) is 5.54. The highest BCUT2D eigenvalue weighted by Crippen LogP contribution is 2.39. The summed E-state index contributed by atoms with van der Waals surface area (Å²) in [6.07, 6.45) is 2.07. The Morgan fingerprint density at radius 2 is 1.92 bits per heavy atom. The Morgan fingerprint density at radius 3 is 2.50 bits per heavy atom. The molecular weight excluding hydrogens is 376 g/mol. The van der Waals surface area contributed by atoms with Crippen LogP contribution in [0.4, 0.5) is 11.4 Å². The second-order valence-electron chi connectivity index (χ2n) is 6.24. The van der Waals surface area contributed by atoms with E-state index in [1.165, 1.54) is 6.07 Å². The fraction of sp³-hybridized carbons (Fsp3) is 0.625. The molecule has 0 radical (unpaired) electrons. The van der Waals surface area contributed by atoms with Crippen LogP contribution in [0.5, 0.6) is 5.75 Å². The lowest BCUT2D eigenvalue weighted by Crippen LogP contribution is -2.52. The van der Waals surface area contributed by atoms with Gasteiger partial charge >= 0.3 is 0 Å². The molecule has 2 aliphatic heterocycles. The first-order chi connectivity index (χ1) is 11.6. The van der Waals surface area contributed by atoms with E-state index in [4.69, 9.17) is 4.74 Å². The first kappa shape index (κ1) is 17.4. The van der Waals surface area contributed by atoms with Crippen molar-refractivity contribution in [3.8, 4) is 5.75 Å². The second-order valence-corrected chi connectivity index (χ2v) is 7.09. The van der Waals surface area contributed by atoms with E-state index >= 15 is 0 Å². The smallest absolute Gasteiger partial charge is 0.293 e. The minimum atomic E-state index is -0.318. The highest BCUT2D eigenvalue weighted by atomic mass is 79.9. The lowest BCUT2D eigenvalue weighted by Gasteiger charge is -2.41. The van der Waals surface area contributed by atoms with E-state index in [0.29, 0.717) is 22.0 Å². The molecule has 0 aliphatic carbocycles. The molecule has 2 fully saturated rings. The monoisotopic (exact) mass is 398 g/mol. The Hall–Kier alpha value is -1.38. The van der Waals surface area contributed by atoms with Gasteiger partial charge in [0.1, 0.15) is 11.4 Å². The summed E-state index contributed by atoms with van der Waals surface area (Å²) in [7, 11) is 1.58. The van der Waals surface area contributed by atoms with Crippen LogP contribution in [-0.2, 0) is 0 Å². The Labute approximate surface area is 150 Å². The first-order valence-corrected chi connectivity index (χ1v) is 9.11. The van der Waals surface area contributed by atoms with Crippen molar-refractivity contribution in [2.24, 2.45) is 0 Å². The molecular formula is C16H23BrN4O3. The normalized spacial score (nSPS) is 20.2. The van der Waals surface area contributed by atoms with Gasteiger partial charge < -0.3 is 15.0 Å². The van der Waals surface area contributed by atoms with Gasteiger partial charge in [0, 0.05) is 57.4 Å². The van der Waals surface area contributed by atoms with Gasteiger partial charge in [-0.25, -0.2) is 0 Å². The van der Waals surface area contributed by atoms with Gasteiger partial charge in [-0.1, -0.05) is 0 Å². The van der Waals surface area contributed by atoms with Crippen molar-refractivity contribution < 1.29 is 9.66 Å². The number of benzene rings is 1. The van der Waals surface area contributed by atoms with Crippen molar-refractivity contribution in [1.29, 1.82) is 0 Å². The molecule has 132 valence electrons. The number of nitro groups is 1. The molecule has 1 aromatic rings. The van der Waals surface area contributed by atoms with Gasteiger partial charge in [-0.05, 0) is 28.8 Å². The van der Waals surface area contributed by atoms with Gasteiger partial charge in [0.15, 0.2) is 0 Å². The van der Waals surface area contributed by atoms with Crippen molar-refractivity contribution in [3.63, 3.8) is 0 Å². The number of methoxy groups -OCH3 is 1. The topological polar surface area (TPSA) is 70.9 Å². The van der Waals surface area contributed by atoms with Gasteiger partial charge in [-0.15, -0.1) is 0 Å². The van der Waals surface area contributed by atoms with Gasteiger partial charge in [0.2, 0.25) is 0 Å². The number of rotatable bonds is 4. The standard InChI is InChI=1S/C16H23BrN4O3/c1-24-16-11-14(15(21(22)23)10-13(16)17)20-6-2-12(3-7-20)19-8-4-18-5-9-19/h10-12,18H,2-9H2,1H3. The average Bonchev–Trinajstić information content (AvgIpc) is 2.62. The number of hydrogen-bond donors (Lipinski definition) is 1. The summed E-state index contributed by atoms with van der Waals surface area (Å²) < 4.78 is 5.92. The first-order valence-electron chi connectivity index (χ1n) is 8.32. The summed E-state index contributed by atoms with van der Waals surface area (Å²) in [6, 6.07) is 3.89. The Kier molecular flexibility index (Phi) is 5.57. The molecule has 0 unspecified atom stereocenters. The number of nitro benzene ring substituents is 1. The lowest BCUT2D eigenvalue weighted by molar-refractivity contribution is -0.384. The number of hydrogen-bond acceptors (Lipinski definition) is 6. The van der Waals surface area contributed by atoms with Crippen LogP contribution in [0.3, 0.4) is 0 Å². The predicted molar refractivity (Wildman–Crippen MR) is 97.0 cm³/mol. The molecule has 7 nitrogen and oxygen atoms in total. The number of nitrogens with one attached hydrogen (secondary N) is 1. The summed E-state index contributed by atoms with van der Waals surface area (Å²) in [5, 5.41) is 14.8. The van der Waals surface area contributed by atoms with Crippen molar-refractivity contribution in [2.45, 2.75) is 18.9 Å². The summed E-state index contributed by atoms with van der Waals surface area (Å²) in [4.78, 5) is 15.8. The molecule has 1 N–H and O–H groups in total. The number of nitrogens with zero attached hydrogens (tertiary/aromatic N) is 3. The molecule has 0 bridgehead atoms. The minimum absolute atomic E-state index is 0.128. The van der Waals surface area contributed by atoms with Crippen molar-refractivity contribution >= 4 is 27.3 Å². The van der Waals surface area contributed by atoms with Crippen LogP contribution in [0.2, 0.25) is 0 Å². The SMILES string of the molecule is COc1cc(N2CCC(N3CCNCC3)CC2)c([N+](=O)[O-])cc1Br. The van der Waals surface area contributed by atoms with Gasteiger partial charge in [0.25, 0.3) is 5.69 Å². The second kappa shape index (κ2) is 7.67. The molecule has 1 aromatic carbocycles. The number of piperidine rings is 1. The largest absolute Gasteiger partial charge is 0.495 e. The third kappa shape index (κ3) is 3.65. The van der Waals surface area contributed by atoms with E-state index in [1.807, 2.05) is 0 Å². The summed E-state index contributed by atoms with van der Waals surface area (Å²) in [5.74, 6) is 0.625. The highest BCUT2D eigenvalue weighted by Gasteiger charge is 2.29. The van der Waals surface area contributed by atoms with Crippen LogP contribution in [0.1, 0.15) is 12.8 Å². The molecule has 0 spiro atoms. The minimum Gasteiger partial charge on any atom is -0.495 e. The van der Waals surface area contributed by atoms with Crippen LogP contribution < -0.4 is 15.0 Å². The molecule has 8 heteroatoms. The maximum Gasteiger partial charge on any atom is 0.293 e. The van der Waals surface area contributed by atoms with E-state index in [0.717, 1.165) is 52.1 Å². The number of ether oxygens (including phenoxy) is 1. The average molecular weight is 399 g/mol. The summed E-state index contributed by atoms with van der Waals surface area (Å²) in [5.41, 5.74) is 0.780. The zero-order valence-electron chi connectivity index (χ0n) is 13.8. The zero-order chi connectivity index (χ0) is 17.1. The number of anilines is 1. The van der Waals surface area contributed by atoms with Crippen molar-refractivity contribution in [1.82, 2.24) is 10.2 Å². The van der Waals surface area contributed by atoms with E-state index in [-0.39, 0.29) is 10.6 Å². The van der Waals surface area contributed by atoms with E-state index in [2.05, 4.69) is 31.0 Å². The number of halogens is 1. The van der Waals surface area contributed by atoms with E-state index in [9.17, 15) is 10.1 Å². The predicted octanol–water partition coefficient (Wildman–Crippen LogP) is 2.24. The highest BCUT2D eigenvalue weighted by molar-refractivity contribution is 9.10. The van der Waals surface area contributed by atoms with Gasteiger partial charge in [-0.3, -0.25) is 15.0 Å². The van der Waals surface area contributed by atoms with Gasteiger partial charge in [-0.2, -0.15) is 0 Å². The molecule has 24 heavy (non-hydrogen) atoms. The molecule has 0 saturated carbocycles. The fourth-order valence-corrected chi connectivity index (χ4v) is 4.10. The lowest BCUT2D eigenvalue weighted by atomic mass is 10.0. The molecule has 3 rings (SSSR count). The molecule has 2 saturated heterocycles. The van der Waals surface area contributed by atoms with Crippen LogP contribution >= 0.6 is 15.9 Å². The number of piperazine rings is 1. The Bertz CT molecular complexity index is 599. The molecule has 0 amide bonds. The maximum atomic E-state index is 11.4. The zero-order valence-corrected chi connectivity index (χ0v) is 15.4. The van der Waals surface area contributed by atoms with Gasteiger partial charge in [0.05, 0.1) is 16.5 Å². The quantitative estimate of drug-likeness (QED) is 0.619. The molecule has 0 atom stereocenters. The van der Waals surface area contributed by atoms with Crippen LogP contribution in [0.15, 0.2) is 16.6 Å². The Morgan fingerprint density at radius 1 is 1.25 bits per heavy atom. The van der Waals surface area contributed by atoms with Crippen LogP contribution in [0.25, 0.3) is 0 Å². The third-order valence-electron chi connectivity index (χ3n) is 4.92. The fourth-order valence-electron chi connectivity index (χ4n) is 3.61. The Balaban J connectivity index is 1.74.